The number of carbonyl (C=O) groups excluding carboxylic acids is 1. The third-order valence-electron chi connectivity index (χ3n) is 2.78. The molecule has 0 spiro atoms. The van der Waals surface area contributed by atoms with E-state index < -0.39 is 11.7 Å². The van der Waals surface area contributed by atoms with Gasteiger partial charge >= 0.3 is 0 Å². The lowest BCUT2D eigenvalue weighted by Gasteiger charge is -2.09. The Morgan fingerprint density at radius 2 is 2.10 bits per heavy atom. The molecule has 0 aliphatic heterocycles. The van der Waals surface area contributed by atoms with Crippen molar-refractivity contribution in [1.29, 1.82) is 5.26 Å². The lowest BCUT2D eigenvalue weighted by molar-refractivity contribution is 0.102. The number of anilines is 2. The number of rotatable bonds is 3. The van der Waals surface area contributed by atoms with Crippen molar-refractivity contribution in [1.82, 2.24) is 0 Å². The van der Waals surface area contributed by atoms with E-state index in [1.807, 2.05) is 6.07 Å². The van der Waals surface area contributed by atoms with E-state index in [0.29, 0.717) is 11.4 Å². The molecular weight excluding hydrogens is 273 g/mol. The van der Waals surface area contributed by atoms with Crippen LogP contribution in [0.25, 0.3) is 0 Å². The van der Waals surface area contributed by atoms with Gasteiger partial charge in [0, 0.05) is 17.3 Å². The number of methoxy groups -OCH3 is 1. The summed E-state index contributed by atoms with van der Waals surface area (Å²) in [6.07, 6.45) is 0. The molecule has 0 fully saturated rings. The Kier molecular flexibility index (Phi) is 4.05. The van der Waals surface area contributed by atoms with E-state index in [0.717, 1.165) is 12.1 Å². The molecule has 0 saturated heterocycles. The molecule has 6 heteroatoms. The van der Waals surface area contributed by atoms with Crippen molar-refractivity contribution < 1.29 is 13.9 Å². The van der Waals surface area contributed by atoms with Crippen LogP contribution in [-0.2, 0) is 0 Å². The number of nitrogens with one attached hydrogen (secondary N) is 1. The molecule has 0 radical (unpaired) electrons. The van der Waals surface area contributed by atoms with Crippen LogP contribution in [0.4, 0.5) is 15.8 Å². The molecule has 0 aliphatic carbocycles. The van der Waals surface area contributed by atoms with E-state index >= 15 is 0 Å². The van der Waals surface area contributed by atoms with Gasteiger partial charge in [-0.1, -0.05) is 0 Å². The smallest absolute Gasteiger partial charge is 0.255 e. The minimum absolute atomic E-state index is 0.0409. The number of nitrogen functional groups attached to an aromatic ring is 1. The maximum absolute atomic E-state index is 13.0. The van der Waals surface area contributed by atoms with Crippen LogP contribution in [0.2, 0.25) is 0 Å². The monoisotopic (exact) mass is 285 g/mol. The Morgan fingerprint density at radius 3 is 2.76 bits per heavy atom. The molecule has 2 aromatic rings. The Morgan fingerprint density at radius 1 is 1.33 bits per heavy atom. The minimum Gasteiger partial charge on any atom is -0.497 e. The van der Waals surface area contributed by atoms with Crippen molar-refractivity contribution in [3.8, 4) is 11.8 Å². The first-order valence-electron chi connectivity index (χ1n) is 5.99. The highest BCUT2D eigenvalue weighted by atomic mass is 19.1. The highest BCUT2D eigenvalue weighted by Crippen LogP contribution is 2.21. The summed E-state index contributed by atoms with van der Waals surface area (Å²) in [5, 5.41) is 11.5. The number of nitriles is 1. The van der Waals surface area contributed by atoms with Gasteiger partial charge in [0.05, 0.1) is 18.4 Å². The highest BCUT2D eigenvalue weighted by Gasteiger charge is 2.11. The van der Waals surface area contributed by atoms with Crippen LogP contribution >= 0.6 is 0 Å². The van der Waals surface area contributed by atoms with E-state index in [9.17, 15) is 9.18 Å². The standard InChI is InChI=1S/C15H12FN3O2/c1-21-13-6-9(5-12(18)7-13)15(20)19-14-3-2-11(16)4-10(14)8-17/h2-7H,18H2,1H3,(H,19,20). The molecule has 0 bridgehead atoms. The van der Waals surface area contributed by atoms with Crippen molar-refractivity contribution in [2.75, 3.05) is 18.2 Å². The number of nitrogens with two attached hydrogens (primary N) is 1. The average Bonchev–Trinajstić information content (AvgIpc) is 2.48. The molecule has 21 heavy (non-hydrogen) atoms. The Balaban J connectivity index is 2.30. The molecule has 0 atom stereocenters. The predicted octanol–water partition coefficient (Wildman–Crippen LogP) is 2.54. The first-order chi connectivity index (χ1) is 10.0. The summed E-state index contributed by atoms with van der Waals surface area (Å²) in [6, 6.07) is 9.94. The summed E-state index contributed by atoms with van der Waals surface area (Å²) < 4.78 is 18.1. The molecule has 0 saturated carbocycles. The van der Waals surface area contributed by atoms with Crippen LogP contribution in [0.3, 0.4) is 0 Å². The summed E-state index contributed by atoms with van der Waals surface area (Å²) >= 11 is 0. The molecule has 106 valence electrons. The van der Waals surface area contributed by atoms with Gasteiger partial charge in [-0.3, -0.25) is 4.79 Å². The van der Waals surface area contributed by atoms with Crippen molar-refractivity contribution in [3.05, 3.63) is 53.3 Å². The SMILES string of the molecule is COc1cc(N)cc(C(=O)Nc2ccc(F)cc2C#N)c1. The summed E-state index contributed by atoms with van der Waals surface area (Å²) in [5.41, 5.74) is 6.60. The maximum atomic E-state index is 13.0. The fourth-order valence-corrected chi connectivity index (χ4v) is 1.78. The molecule has 2 aromatic carbocycles. The molecule has 1 amide bonds. The Bertz CT molecular complexity index is 738. The van der Waals surface area contributed by atoms with Gasteiger partial charge in [-0.25, -0.2) is 4.39 Å². The highest BCUT2D eigenvalue weighted by molar-refractivity contribution is 6.05. The molecule has 0 aliphatic rings. The number of nitrogens with zero attached hydrogens (tertiary/aromatic N) is 1. The van der Waals surface area contributed by atoms with Gasteiger partial charge in [0.1, 0.15) is 17.6 Å². The van der Waals surface area contributed by atoms with Crippen LogP contribution in [0.1, 0.15) is 15.9 Å². The predicted molar refractivity (Wildman–Crippen MR) is 76.5 cm³/mol. The van der Waals surface area contributed by atoms with Crippen LogP contribution in [-0.4, -0.2) is 13.0 Å². The topological polar surface area (TPSA) is 88.1 Å². The quantitative estimate of drug-likeness (QED) is 0.848. The van der Waals surface area contributed by atoms with E-state index in [4.69, 9.17) is 15.7 Å². The van der Waals surface area contributed by atoms with Gasteiger partial charge in [-0.15, -0.1) is 0 Å². The second-order valence-electron chi connectivity index (χ2n) is 4.25. The van der Waals surface area contributed by atoms with Crippen LogP contribution in [0, 0.1) is 17.1 Å². The maximum Gasteiger partial charge on any atom is 0.255 e. The first-order valence-corrected chi connectivity index (χ1v) is 5.99. The fraction of sp³-hybridized carbons (Fsp3) is 0.0667. The van der Waals surface area contributed by atoms with Gasteiger partial charge in [0.15, 0.2) is 0 Å². The molecule has 2 rings (SSSR count). The largest absolute Gasteiger partial charge is 0.497 e. The molecule has 0 unspecified atom stereocenters. The zero-order valence-corrected chi connectivity index (χ0v) is 11.2. The number of amides is 1. The first kappa shape index (κ1) is 14.3. The Hall–Kier alpha value is -3.07. The van der Waals surface area contributed by atoms with Gasteiger partial charge in [-0.2, -0.15) is 5.26 Å². The number of hydrogen-bond acceptors (Lipinski definition) is 4. The number of hydrogen-bond donors (Lipinski definition) is 2. The van der Waals surface area contributed by atoms with Gasteiger partial charge in [0.2, 0.25) is 0 Å². The van der Waals surface area contributed by atoms with Crippen molar-refractivity contribution in [2.45, 2.75) is 0 Å². The second-order valence-corrected chi connectivity index (χ2v) is 4.25. The van der Waals surface area contributed by atoms with Crippen molar-refractivity contribution in [3.63, 3.8) is 0 Å². The van der Waals surface area contributed by atoms with Crippen LogP contribution < -0.4 is 15.8 Å². The zero-order valence-electron chi connectivity index (χ0n) is 11.2. The van der Waals surface area contributed by atoms with Crippen molar-refractivity contribution >= 4 is 17.3 Å². The normalized spacial score (nSPS) is 9.76. The number of halogens is 1. The second kappa shape index (κ2) is 5.92. The lowest BCUT2D eigenvalue weighted by atomic mass is 10.1. The number of ether oxygens (including phenoxy) is 1. The summed E-state index contributed by atoms with van der Waals surface area (Å²) in [5.74, 6) is -0.571. The van der Waals surface area contributed by atoms with Crippen LogP contribution in [0.5, 0.6) is 5.75 Å². The molecule has 0 aromatic heterocycles. The van der Waals surface area contributed by atoms with E-state index in [1.54, 1.807) is 6.07 Å². The van der Waals surface area contributed by atoms with Gasteiger partial charge in [0.25, 0.3) is 5.91 Å². The molecular formula is C15H12FN3O2. The fourth-order valence-electron chi connectivity index (χ4n) is 1.78. The zero-order chi connectivity index (χ0) is 15.4. The Labute approximate surface area is 120 Å². The molecule has 3 N–H and O–H groups in total. The van der Waals surface area contributed by atoms with Gasteiger partial charge in [-0.05, 0) is 30.3 Å². The number of carbonyl (C=O) groups is 1. The van der Waals surface area contributed by atoms with E-state index in [-0.39, 0.29) is 16.8 Å². The summed E-state index contributed by atoms with van der Waals surface area (Å²) in [4.78, 5) is 12.2. The van der Waals surface area contributed by atoms with E-state index in [1.165, 1.54) is 25.3 Å². The lowest BCUT2D eigenvalue weighted by Crippen LogP contribution is -2.13. The van der Waals surface area contributed by atoms with Crippen molar-refractivity contribution in [2.24, 2.45) is 0 Å². The number of benzene rings is 2. The minimum atomic E-state index is -0.546. The summed E-state index contributed by atoms with van der Waals surface area (Å²) in [7, 11) is 1.46. The van der Waals surface area contributed by atoms with Crippen LogP contribution in [0.15, 0.2) is 36.4 Å². The molecule has 5 nitrogen and oxygen atoms in total. The van der Waals surface area contributed by atoms with E-state index in [2.05, 4.69) is 5.32 Å². The third-order valence-corrected chi connectivity index (χ3v) is 2.78. The third kappa shape index (κ3) is 3.28. The summed E-state index contributed by atoms with van der Waals surface area (Å²) in [6.45, 7) is 0. The average molecular weight is 285 g/mol. The molecule has 0 heterocycles. The van der Waals surface area contributed by atoms with Gasteiger partial charge < -0.3 is 15.8 Å².